The summed E-state index contributed by atoms with van der Waals surface area (Å²) in [4.78, 5) is 10.9. The van der Waals surface area contributed by atoms with Crippen molar-refractivity contribution in [1.29, 1.82) is 0 Å². The molecule has 0 unspecified atom stereocenters. The first kappa shape index (κ1) is 10.1. The lowest BCUT2D eigenvalue weighted by Crippen LogP contribution is -2.08. The minimum absolute atomic E-state index is 0.338. The molecule has 68 valence electrons. The minimum Gasteiger partial charge on any atom is -0.320 e. The summed E-state index contributed by atoms with van der Waals surface area (Å²) in [7, 11) is 0. The van der Waals surface area contributed by atoms with Crippen LogP contribution in [0.1, 0.15) is 0 Å². The molecule has 1 aromatic carbocycles. The van der Waals surface area contributed by atoms with E-state index in [1.165, 1.54) is 0 Å². The molecule has 2 nitrogen and oxygen atoms in total. The van der Waals surface area contributed by atoms with Gasteiger partial charge in [0.15, 0.2) is 0 Å². The summed E-state index contributed by atoms with van der Waals surface area (Å²) in [6.07, 6.45) is 1.15. The van der Waals surface area contributed by atoms with Gasteiger partial charge in [-0.2, -0.15) is 0 Å². The van der Waals surface area contributed by atoms with Gasteiger partial charge in [0.25, 0.3) is 0 Å². The Hall–Kier alpha value is -0.990. The maximum atomic E-state index is 10.9. The Kier molecular flexibility index (Phi) is 3.34. The van der Waals surface area contributed by atoms with Crippen LogP contribution in [-0.2, 0) is 4.79 Å². The lowest BCUT2D eigenvalue weighted by molar-refractivity contribution is -0.111. The smallest absolute Gasteiger partial charge is 0.247 e. The number of anilines is 1. The zero-order valence-corrected chi connectivity index (χ0v) is 8.19. The quantitative estimate of drug-likeness (QED) is 0.756. The molecule has 0 radical (unpaired) electrons. The normalized spacial score (nSPS) is 9.38. The van der Waals surface area contributed by atoms with Crippen LogP contribution >= 0.6 is 23.2 Å². The first-order valence-corrected chi connectivity index (χ1v) is 4.28. The lowest BCUT2D eigenvalue weighted by Gasteiger charge is -2.06. The number of hydrogen-bond acceptors (Lipinski definition) is 1. The Morgan fingerprint density at radius 2 is 1.92 bits per heavy atom. The van der Waals surface area contributed by atoms with Gasteiger partial charge in [0, 0.05) is 0 Å². The fourth-order valence-electron chi connectivity index (χ4n) is 0.791. The highest BCUT2D eigenvalue weighted by atomic mass is 35.5. The molecule has 1 amide bonds. The minimum atomic E-state index is -0.338. The number of amides is 1. The molecule has 1 aromatic rings. The molecule has 13 heavy (non-hydrogen) atoms. The van der Waals surface area contributed by atoms with Gasteiger partial charge in [0.1, 0.15) is 0 Å². The number of benzene rings is 1. The van der Waals surface area contributed by atoms with Gasteiger partial charge in [0.05, 0.1) is 15.7 Å². The summed E-state index contributed by atoms with van der Waals surface area (Å²) < 4.78 is 0. The summed E-state index contributed by atoms with van der Waals surface area (Å²) in [5.74, 6) is -0.338. The Balaban J connectivity index is 2.99. The third kappa shape index (κ3) is 2.47. The molecular weight excluding hydrogens is 209 g/mol. The molecule has 0 heterocycles. The summed E-state index contributed by atoms with van der Waals surface area (Å²) in [5.41, 5.74) is 0.413. The fourth-order valence-corrected chi connectivity index (χ4v) is 1.28. The van der Waals surface area contributed by atoms with Crippen LogP contribution in [-0.4, -0.2) is 5.91 Å². The average molecular weight is 216 g/mol. The summed E-state index contributed by atoms with van der Waals surface area (Å²) in [6, 6.07) is 4.99. The highest BCUT2D eigenvalue weighted by Crippen LogP contribution is 2.29. The number of carbonyl (C=O) groups is 1. The standard InChI is InChI=1S/C9H7Cl2NO/c1-2-8(13)12-9-6(10)4-3-5-7(9)11/h2-5H,1H2,(H,12,13). The maximum Gasteiger partial charge on any atom is 0.247 e. The zero-order valence-electron chi connectivity index (χ0n) is 6.68. The van der Waals surface area contributed by atoms with Crippen molar-refractivity contribution >= 4 is 34.8 Å². The van der Waals surface area contributed by atoms with Crippen molar-refractivity contribution in [3.8, 4) is 0 Å². The zero-order chi connectivity index (χ0) is 9.84. The van der Waals surface area contributed by atoms with E-state index in [2.05, 4.69) is 11.9 Å². The second-order valence-electron chi connectivity index (χ2n) is 2.29. The van der Waals surface area contributed by atoms with Crippen LogP contribution in [0.25, 0.3) is 0 Å². The third-order valence-corrected chi connectivity index (χ3v) is 2.03. The van der Waals surface area contributed by atoms with Crippen molar-refractivity contribution in [3.63, 3.8) is 0 Å². The number of halogens is 2. The van der Waals surface area contributed by atoms with Gasteiger partial charge in [-0.1, -0.05) is 35.8 Å². The van der Waals surface area contributed by atoms with Crippen molar-refractivity contribution < 1.29 is 4.79 Å². The van der Waals surface area contributed by atoms with E-state index in [1.54, 1.807) is 18.2 Å². The predicted molar refractivity (Wildman–Crippen MR) is 55.3 cm³/mol. The van der Waals surface area contributed by atoms with E-state index in [-0.39, 0.29) is 5.91 Å². The van der Waals surface area contributed by atoms with Crippen molar-refractivity contribution in [2.45, 2.75) is 0 Å². The van der Waals surface area contributed by atoms with Crippen molar-refractivity contribution in [1.82, 2.24) is 0 Å². The molecule has 0 saturated heterocycles. The summed E-state index contributed by atoms with van der Waals surface area (Å²) in [6.45, 7) is 3.32. The van der Waals surface area contributed by atoms with Crippen LogP contribution in [0.2, 0.25) is 10.0 Å². The second-order valence-corrected chi connectivity index (χ2v) is 3.10. The molecule has 1 rings (SSSR count). The topological polar surface area (TPSA) is 29.1 Å². The van der Waals surface area contributed by atoms with Crippen LogP contribution in [0, 0.1) is 0 Å². The molecule has 0 saturated carbocycles. The average Bonchev–Trinajstić information content (AvgIpc) is 2.11. The third-order valence-electron chi connectivity index (χ3n) is 1.40. The van der Waals surface area contributed by atoms with Gasteiger partial charge in [-0.15, -0.1) is 0 Å². The van der Waals surface area contributed by atoms with E-state index < -0.39 is 0 Å². The van der Waals surface area contributed by atoms with Gasteiger partial charge in [0.2, 0.25) is 5.91 Å². The van der Waals surface area contributed by atoms with Gasteiger partial charge >= 0.3 is 0 Å². The molecule has 0 aliphatic carbocycles. The highest BCUT2D eigenvalue weighted by Gasteiger charge is 2.06. The van der Waals surface area contributed by atoms with E-state index in [1.807, 2.05) is 0 Å². The number of nitrogens with one attached hydrogen (secondary N) is 1. The molecule has 0 atom stereocenters. The molecule has 0 aliphatic rings. The van der Waals surface area contributed by atoms with Crippen molar-refractivity contribution in [2.24, 2.45) is 0 Å². The largest absolute Gasteiger partial charge is 0.320 e. The Morgan fingerprint density at radius 1 is 1.38 bits per heavy atom. The molecule has 0 aromatic heterocycles. The van der Waals surface area contributed by atoms with E-state index in [0.29, 0.717) is 15.7 Å². The molecule has 0 fully saturated rings. The molecule has 0 bridgehead atoms. The van der Waals surface area contributed by atoms with Gasteiger partial charge in [-0.05, 0) is 18.2 Å². The second kappa shape index (κ2) is 4.30. The van der Waals surface area contributed by atoms with E-state index >= 15 is 0 Å². The molecule has 0 aliphatic heterocycles. The molecule has 4 heteroatoms. The van der Waals surface area contributed by atoms with Crippen LogP contribution in [0.4, 0.5) is 5.69 Å². The van der Waals surface area contributed by atoms with Gasteiger partial charge < -0.3 is 5.32 Å². The first-order chi connectivity index (χ1) is 6.15. The monoisotopic (exact) mass is 215 g/mol. The summed E-state index contributed by atoms with van der Waals surface area (Å²) >= 11 is 11.6. The number of hydrogen-bond donors (Lipinski definition) is 1. The van der Waals surface area contributed by atoms with E-state index in [9.17, 15) is 4.79 Å². The van der Waals surface area contributed by atoms with Crippen LogP contribution in [0.3, 0.4) is 0 Å². The van der Waals surface area contributed by atoms with Crippen molar-refractivity contribution in [2.75, 3.05) is 5.32 Å². The van der Waals surface area contributed by atoms with Gasteiger partial charge in [-0.25, -0.2) is 0 Å². The number of carbonyl (C=O) groups excluding carboxylic acids is 1. The lowest BCUT2D eigenvalue weighted by atomic mass is 10.3. The molecular formula is C9H7Cl2NO. The fraction of sp³-hybridized carbons (Fsp3) is 0. The van der Waals surface area contributed by atoms with Gasteiger partial charge in [-0.3, -0.25) is 4.79 Å². The number of para-hydroxylation sites is 1. The highest BCUT2D eigenvalue weighted by molar-refractivity contribution is 6.39. The summed E-state index contributed by atoms with van der Waals surface area (Å²) in [5, 5.41) is 3.32. The molecule has 0 spiro atoms. The molecule has 1 N–H and O–H groups in total. The first-order valence-electron chi connectivity index (χ1n) is 3.52. The Morgan fingerprint density at radius 3 is 2.38 bits per heavy atom. The SMILES string of the molecule is C=CC(=O)Nc1c(Cl)cccc1Cl. The van der Waals surface area contributed by atoms with Crippen LogP contribution < -0.4 is 5.32 Å². The predicted octanol–water partition coefficient (Wildman–Crippen LogP) is 3.12. The Bertz CT molecular complexity index is 329. The van der Waals surface area contributed by atoms with E-state index in [4.69, 9.17) is 23.2 Å². The van der Waals surface area contributed by atoms with E-state index in [0.717, 1.165) is 6.08 Å². The van der Waals surface area contributed by atoms with Crippen LogP contribution in [0.5, 0.6) is 0 Å². The van der Waals surface area contributed by atoms with Crippen molar-refractivity contribution in [3.05, 3.63) is 40.9 Å². The maximum absolute atomic E-state index is 10.9. The van der Waals surface area contributed by atoms with Crippen LogP contribution in [0.15, 0.2) is 30.9 Å². The Labute approximate surface area is 86.2 Å². The number of rotatable bonds is 2.